The predicted octanol–water partition coefficient (Wildman–Crippen LogP) is 3.63. The Morgan fingerprint density at radius 2 is 1.97 bits per heavy atom. The summed E-state index contributed by atoms with van der Waals surface area (Å²) < 4.78 is 39.9. The number of ether oxygens (including phenoxy) is 1. The number of carbonyl (C=O) groups excluding carboxylic acids is 1. The van der Waals surface area contributed by atoms with Crippen molar-refractivity contribution in [2.75, 3.05) is 13.1 Å². The van der Waals surface area contributed by atoms with Gasteiger partial charge >= 0.3 is 6.18 Å². The van der Waals surface area contributed by atoms with E-state index < -0.39 is 12.1 Å². The van der Waals surface area contributed by atoms with Gasteiger partial charge in [-0.05, 0) is 74.6 Å². The number of carbonyl (C=O) groups is 1. The number of alkyl halides is 3. The van der Waals surface area contributed by atoms with E-state index in [-0.39, 0.29) is 0 Å². The summed E-state index contributed by atoms with van der Waals surface area (Å²) in [5.74, 6) is -0.339. The first-order chi connectivity index (χ1) is 16.6. The number of rotatable bonds is 7. The van der Waals surface area contributed by atoms with Gasteiger partial charge in [0, 0.05) is 17.5 Å². The van der Waals surface area contributed by atoms with E-state index in [9.17, 15) is 13.2 Å². The number of nitrogens with two attached hydrogens (primary N) is 1. The highest BCUT2D eigenvalue weighted by atomic mass is 35.5. The van der Waals surface area contributed by atoms with Gasteiger partial charge in [0.25, 0.3) is 0 Å². The molecule has 0 bridgehead atoms. The topological polar surface area (TPSA) is 83.8 Å². The van der Waals surface area contributed by atoms with Crippen LogP contribution in [-0.4, -0.2) is 34.8 Å². The lowest BCUT2D eigenvalue weighted by Crippen LogP contribution is -2.87. The first kappa shape index (κ1) is 26.8. The average molecular weight is 512 g/mol. The number of benzene rings is 2. The van der Waals surface area contributed by atoms with Crippen molar-refractivity contribution in [2.24, 2.45) is 5.92 Å². The Morgan fingerprint density at radius 1 is 1.26 bits per heavy atom. The molecule has 4 rings (SSSR count). The number of quaternary nitrogens is 1. The third-order valence-electron chi connectivity index (χ3n) is 5.91. The molecule has 2 N–H and O–H groups in total. The van der Waals surface area contributed by atoms with Crippen LogP contribution in [0.2, 0.25) is 5.02 Å². The van der Waals surface area contributed by atoms with Crippen LogP contribution in [-0.2, 0) is 17.9 Å². The molecule has 35 heavy (non-hydrogen) atoms. The zero-order chi connectivity index (χ0) is 25.4. The number of imidazole rings is 1. The second-order valence-electron chi connectivity index (χ2n) is 8.66. The summed E-state index contributed by atoms with van der Waals surface area (Å²) in [6.45, 7) is 6.19. The lowest BCUT2D eigenvalue weighted by molar-refractivity contribution is -0.669. The Morgan fingerprint density at radius 3 is 2.60 bits per heavy atom. The quantitative estimate of drug-likeness (QED) is 0.525. The van der Waals surface area contributed by atoms with Crippen molar-refractivity contribution in [2.45, 2.75) is 51.9 Å². The molecule has 0 saturated carbocycles. The minimum absolute atomic E-state index is 0.465. The molecule has 190 valence electrons. The van der Waals surface area contributed by atoms with Crippen molar-refractivity contribution in [3.05, 3.63) is 58.9 Å². The van der Waals surface area contributed by atoms with Gasteiger partial charge in [-0.25, -0.2) is 4.98 Å². The third-order valence-corrected chi connectivity index (χ3v) is 6.16. The number of aryl methyl sites for hydroxylation is 2. The van der Waals surface area contributed by atoms with E-state index in [0.717, 1.165) is 34.6 Å². The van der Waals surface area contributed by atoms with Crippen LogP contribution in [0, 0.1) is 12.8 Å². The van der Waals surface area contributed by atoms with Crippen molar-refractivity contribution in [1.29, 1.82) is 0 Å². The Kier molecular flexibility index (Phi) is 9.40. The molecule has 2 heterocycles. The number of fused-ring (bicyclic) bond motifs is 1. The number of piperidine rings is 1. The number of carboxylic acids is 1. The monoisotopic (exact) mass is 511 g/mol. The number of hydrogen-bond donors (Lipinski definition) is 1. The van der Waals surface area contributed by atoms with Crippen LogP contribution in [0.25, 0.3) is 11.0 Å². The standard InChI is InChI=1S/C23H28ClN3O.C2HF3O2/c1-17-6-11-21-22(14-17)27(13-3-5-18-4-2-12-25-15-18)23(26-21)16-28-20-9-7-19(24)8-10-20;3-2(4,5)1(6)7/h6-11,14,18,25H,2-5,12-13,15-16H2,1H3;(H,6,7). The van der Waals surface area contributed by atoms with Crippen LogP contribution in [0.1, 0.15) is 37.1 Å². The van der Waals surface area contributed by atoms with Crippen molar-refractivity contribution < 1.29 is 33.1 Å². The van der Waals surface area contributed by atoms with Gasteiger partial charge in [-0.2, -0.15) is 13.2 Å². The first-order valence-electron chi connectivity index (χ1n) is 11.6. The molecule has 1 saturated heterocycles. The lowest BCUT2D eigenvalue weighted by Gasteiger charge is -2.20. The van der Waals surface area contributed by atoms with Gasteiger partial charge in [0.15, 0.2) is 0 Å². The SMILES string of the molecule is Cc1ccc2nc(COc3ccc(Cl)cc3)n(CCCC3CCC[NH2+]C3)c2c1.O=C([O-])C(F)(F)F. The van der Waals surface area contributed by atoms with Gasteiger partial charge in [-0.3, -0.25) is 0 Å². The van der Waals surface area contributed by atoms with Crippen molar-refractivity contribution in [3.8, 4) is 5.75 Å². The maximum atomic E-state index is 10.5. The van der Waals surface area contributed by atoms with Gasteiger partial charge in [-0.1, -0.05) is 17.7 Å². The molecule has 3 aromatic rings. The molecule has 1 aromatic heterocycles. The zero-order valence-electron chi connectivity index (χ0n) is 19.5. The molecule has 0 amide bonds. The van der Waals surface area contributed by atoms with Crippen LogP contribution in [0.3, 0.4) is 0 Å². The summed E-state index contributed by atoms with van der Waals surface area (Å²) in [5, 5.41) is 12.0. The first-order valence-corrected chi connectivity index (χ1v) is 11.9. The molecule has 1 fully saturated rings. The summed E-state index contributed by atoms with van der Waals surface area (Å²) in [4.78, 5) is 13.6. The van der Waals surface area contributed by atoms with Gasteiger partial charge in [0.2, 0.25) is 0 Å². The molecule has 1 aliphatic rings. The van der Waals surface area contributed by atoms with Crippen molar-refractivity contribution in [3.63, 3.8) is 0 Å². The summed E-state index contributed by atoms with van der Waals surface area (Å²) in [6, 6.07) is 14.0. The minimum atomic E-state index is -5.19. The molecular formula is C25H29ClF3N3O3. The molecule has 1 aliphatic heterocycles. The van der Waals surface area contributed by atoms with Gasteiger partial charge in [0.05, 0.1) is 24.1 Å². The molecule has 0 radical (unpaired) electrons. The Hall–Kier alpha value is -2.78. The van der Waals surface area contributed by atoms with E-state index in [2.05, 4.69) is 35.0 Å². The number of halogens is 4. The van der Waals surface area contributed by atoms with Gasteiger partial charge in [0.1, 0.15) is 24.2 Å². The molecule has 0 spiro atoms. The van der Waals surface area contributed by atoms with Crippen LogP contribution >= 0.6 is 11.6 Å². The van der Waals surface area contributed by atoms with Crippen molar-refractivity contribution >= 4 is 28.6 Å². The maximum absolute atomic E-state index is 10.5. The fourth-order valence-corrected chi connectivity index (χ4v) is 4.27. The second kappa shape index (κ2) is 12.3. The summed E-state index contributed by atoms with van der Waals surface area (Å²) in [6.07, 6.45) is 0.0240. The average Bonchev–Trinajstić information content (AvgIpc) is 3.16. The third kappa shape index (κ3) is 8.14. The zero-order valence-corrected chi connectivity index (χ0v) is 20.2. The molecular weight excluding hydrogens is 483 g/mol. The Labute approximate surface area is 207 Å². The van der Waals surface area contributed by atoms with Crippen LogP contribution < -0.4 is 15.2 Å². The summed E-state index contributed by atoms with van der Waals surface area (Å²) >= 11 is 5.97. The molecule has 2 aromatic carbocycles. The highest BCUT2D eigenvalue weighted by molar-refractivity contribution is 6.30. The van der Waals surface area contributed by atoms with E-state index in [1.54, 1.807) is 0 Å². The molecule has 1 atom stereocenters. The van der Waals surface area contributed by atoms with E-state index in [0.29, 0.717) is 6.61 Å². The van der Waals surface area contributed by atoms with Crippen LogP contribution in [0.5, 0.6) is 5.75 Å². The fourth-order valence-electron chi connectivity index (χ4n) is 4.14. The van der Waals surface area contributed by atoms with Crippen LogP contribution in [0.4, 0.5) is 13.2 Å². The molecule has 1 unspecified atom stereocenters. The highest BCUT2D eigenvalue weighted by Gasteiger charge is 2.28. The minimum Gasteiger partial charge on any atom is -0.542 e. The number of carboxylic acid groups (broad SMARTS) is 1. The number of nitrogens with zero attached hydrogens (tertiary/aromatic N) is 2. The normalized spacial score (nSPS) is 16.0. The Balaban J connectivity index is 0.000000429. The van der Waals surface area contributed by atoms with E-state index in [1.807, 2.05) is 24.3 Å². The highest BCUT2D eigenvalue weighted by Crippen LogP contribution is 2.23. The largest absolute Gasteiger partial charge is 0.542 e. The summed E-state index contributed by atoms with van der Waals surface area (Å²) in [7, 11) is 0. The van der Waals surface area contributed by atoms with E-state index >= 15 is 0 Å². The second-order valence-corrected chi connectivity index (χ2v) is 9.10. The number of aromatic nitrogens is 2. The van der Waals surface area contributed by atoms with E-state index in [4.69, 9.17) is 31.2 Å². The lowest BCUT2D eigenvalue weighted by atomic mass is 9.95. The fraction of sp³-hybridized carbons (Fsp3) is 0.440. The molecule has 6 nitrogen and oxygen atoms in total. The molecule has 0 aliphatic carbocycles. The smallest absolute Gasteiger partial charge is 0.430 e. The maximum Gasteiger partial charge on any atom is 0.430 e. The van der Waals surface area contributed by atoms with E-state index in [1.165, 1.54) is 49.9 Å². The Bertz CT molecular complexity index is 1110. The number of aliphatic carboxylic acids is 1. The van der Waals surface area contributed by atoms with Crippen LogP contribution in [0.15, 0.2) is 42.5 Å². The van der Waals surface area contributed by atoms with Crippen molar-refractivity contribution in [1.82, 2.24) is 9.55 Å². The number of hydrogen-bond acceptors (Lipinski definition) is 4. The van der Waals surface area contributed by atoms with Gasteiger partial charge < -0.3 is 24.5 Å². The molecule has 10 heteroatoms. The summed E-state index contributed by atoms with van der Waals surface area (Å²) in [5.41, 5.74) is 3.52. The predicted molar refractivity (Wildman–Crippen MR) is 125 cm³/mol. The van der Waals surface area contributed by atoms with Gasteiger partial charge in [-0.15, -0.1) is 0 Å².